The maximum Gasteiger partial charge on any atom is 0.109 e. The van der Waals surface area contributed by atoms with Gasteiger partial charge in [0.15, 0.2) is 0 Å². The molecule has 10 heavy (non-hydrogen) atoms. The molecule has 2 atom stereocenters. The van der Waals surface area contributed by atoms with Gasteiger partial charge < -0.3 is 14.6 Å². The quantitative estimate of drug-likeness (QED) is 0.564. The largest absolute Gasteiger partial charge is 0.388 e. The van der Waals surface area contributed by atoms with E-state index in [1.54, 1.807) is 6.08 Å². The lowest BCUT2D eigenvalue weighted by Crippen LogP contribution is -2.26. The third-order valence-corrected chi connectivity index (χ3v) is 1.43. The molecule has 0 spiro atoms. The van der Waals surface area contributed by atoms with Gasteiger partial charge in [0, 0.05) is 0 Å². The molecular formula is C7H12O3. The van der Waals surface area contributed by atoms with Gasteiger partial charge in [-0.15, -0.1) is 6.58 Å². The third-order valence-electron chi connectivity index (χ3n) is 1.43. The predicted octanol–water partition coefficient (Wildman–Crippen LogP) is -0.0513. The Morgan fingerprint density at radius 2 is 2.50 bits per heavy atom. The van der Waals surface area contributed by atoms with E-state index in [1.165, 1.54) is 0 Å². The fourth-order valence-electron chi connectivity index (χ4n) is 0.874. The van der Waals surface area contributed by atoms with Crippen LogP contribution in [0.2, 0.25) is 0 Å². The summed E-state index contributed by atoms with van der Waals surface area (Å²) in [7, 11) is 0. The zero-order valence-corrected chi connectivity index (χ0v) is 5.82. The summed E-state index contributed by atoms with van der Waals surface area (Å²) >= 11 is 0. The van der Waals surface area contributed by atoms with Crippen LogP contribution in [-0.2, 0) is 9.47 Å². The molecule has 1 N–H and O–H groups in total. The molecule has 0 aromatic heterocycles. The van der Waals surface area contributed by atoms with Crippen LogP contribution < -0.4 is 0 Å². The van der Waals surface area contributed by atoms with Gasteiger partial charge in [0.2, 0.25) is 0 Å². The lowest BCUT2D eigenvalue weighted by molar-refractivity contribution is 0.00371. The van der Waals surface area contributed by atoms with Crippen molar-refractivity contribution < 1.29 is 14.6 Å². The molecular weight excluding hydrogens is 132 g/mol. The molecule has 0 aliphatic carbocycles. The van der Waals surface area contributed by atoms with E-state index in [4.69, 9.17) is 14.6 Å². The number of ether oxygens (including phenoxy) is 2. The van der Waals surface area contributed by atoms with Crippen LogP contribution in [0, 0.1) is 0 Å². The summed E-state index contributed by atoms with van der Waals surface area (Å²) in [5.41, 5.74) is 0. The summed E-state index contributed by atoms with van der Waals surface area (Å²) in [6.07, 6.45) is 1.04. The molecule has 1 fully saturated rings. The van der Waals surface area contributed by atoms with Crippen LogP contribution in [0.3, 0.4) is 0 Å². The first kappa shape index (κ1) is 7.72. The first-order chi connectivity index (χ1) is 4.84. The molecule has 1 heterocycles. The van der Waals surface area contributed by atoms with Crippen molar-refractivity contribution in [1.29, 1.82) is 0 Å². The predicted molar refractivity (Wildman–Crippen MR) is 36.8 cm³/mol. The van der Waals surface area contributed by atoms with Crippen LogP contribution in [0.4, 0.5) is 0 Å². The second kappa shape index (κ2) is 3.71. The summed E-state index contributed by atoms with van der Waals surface area (Å²) in [5.74, 6) is 0. The van der Waals surface area contributed by atoms with Gasteiger partial charge in [-0.1, -0.05) is 6.08 Å². The minimum atomic E-state index is -0.458. The topological polar surface area (TPSA) is 38.7 Å². The van der Waals surface area contributed by atoms with Crippen molar-refractivity contribution in [1.82, 2.24) is 0 Å². The van der Waals surface area contributed by atoms with Crippen LogP contribution in [-0.4, -0.2) is 37.1 Å². The lowest BCUT2D eigenvalue weighted by Gasteiger charge is -2.10. The Morgan fingerprint density at radius 3 is 3.00 bits per heavy atom. The van der Waals surface area contributed by atoms with Crippen LogP contribution in [0.25, 0.3) is 0 Å². The highest BCUT2D eigenvalue weighted by molar-refractivity contribution is 4.76. The Balaban J connectivity index is 2.19. The molecule has 0 unspecified atom stereocenters. The van der Waals surface area contributed by atoms with Gasteiger partial charge in [-0.2, -0.15) is 0 Å². The molecule has 0 radical (unpaired) electrons. The monoisotopic (exact) mass is 144 g/mol. The van der Waals surface area contributed by atoms with E-state index in [9.17, 15) is 0 Å². The normalized spacial score (nSPS) is 32.5. The van der Waals surface area contributed by atoms with E-state index in [1.807, 2.05) is 0 Å². The van der Waals surface area contributed by atoms with Crippen molar-refractivity contribution in [3.8, 4) is 0 Å². The molecule has 3 nitrogen and oxygen atoms in total. The summed E-state index contributed by atoms with van der Waals surface area (Å²) in [6.45, 7) is 4.86. The van der Waals surface area contributed by atoms with E-state index < -0.39 is 6.10 Å². The number of rotatable bonds is 3. The van der Waals surface area contributed by atoms with Crippen LogP contribution in [0.5, 0.6) is 0 Å². The molecule has 1 aliphatic rings. The smallest absolute Gasteiger partial charge is 0.109 e. The Morgan fingerprint density at radius 1 is 1.70 bits per heavy atom. The SMILES string of the molecule is C=CCO[C@@H]1COC[C@H]1O. The van der Waals surface area contributed by atoms with Crippen molar-refractivity contribution in [3.63, 3.8) is 0 Å². The number of aliphatic hydroxyl groups excluding tert-OH is 1. The van der Waals surface area contributed by atoms with Gasteiger partial charge in [0.25, 0.3) is 0 Å². The zero-order valence-electron chi connectivity index (χ0n) is 5.82. The Bertz CT molecular complexity index is 113. The van der Waals surface area contributed by atoms with Crippen LogP contribution in [0.15, 0.2) is 12.7 Å². The van der Waals surface area contributed by atoms with E-state index in [-0.39, 0.29) is 6.10 Å². The maximum atomic E-state index is 9.13. The van der Waals surface area contributed by atoms with E-state index in [0.717, 1.165) is 0 Å². The van der Waals surface area contributed by atoms with Crippen molar-refractivity contribution in [2.24, 2.45) is 0 Å². The lowest BCUT2D eigenvalue weighted by atomic mass is 10.3. The minimum Gasteiger partial charge on any atom is -0.388 e. The van der Waals surface area contributed by atoms with Crippen LogP contribution in [0.1, 0.15) is 0 Å². The number of hydrogen-bond donors (Lipinski definition) is 1. The highest BCUT2D eigenvalue weighted by Crippen LogP contribution is 2.08. The highest BCUT2D eigenvalue weighted by Gasteiger charge is 2.26. The molecule has 0 aromatic carbocycles. The van der Waals surface area contributed by atoms with Crippen LogP contribution >= 0.6 is 0 Å². The zero-order chi connectivity index (χ0) is 7.40. The van der Waals surface area contributed by atoms with Gasteiger partial charge in [0.05, 0.1) is 19.8 Å². The Hall–Kier alpha value is -0.380. The molecule has 3 heteroatoms. The average Bonchev–Trinajstić information content (AvgIpc) is 2.31. The summed E-state index contributed by atoms with van der Waals surface area (Å²) in [5, 5.41) is 9.13. The minimum absolute atomic E-state index is 0.155. The Kier molecular flexibility index (Phi) is 2.86. The first-order valence-corrected chi connectivity index (χ1v) is 3.33. The second-order valence-corrected chi connectivity index (χ2v) is 2.27. The van der Waals surface area contributed by atoms with Gasteiger partial charge in [-0.25, -0.2) is 0 Å². The summed E-state index contributed by atoms with van der Waals surface area (Å²) in [6, 6.07) is 0. The fourth-order valence-corrected chi connectivity index (χ4v) is 0.874. The first-order valence-electron chi connectivity index (χ1n) is 3.33. The molecule has 1 saturated heterocycles. The molecule has 0 aromatic rings. The molecule has 0 bridgehead atoms. The molecule has 0 saturated carbocycles. The van der Waals surface area contributed by atoms with Gasteiger partial charge in [-0.05, 0) is 0 Å². The molecule has 0 amide bonds. The Labute approximate surface area is 60.3 Å². The number of aliphatic hydroxyl groups is 1. The second-order valence-electron chi connectivity index (χ2n) is 2.27. The van der Waals surface area contributed by atoms with E-state index in [2.05, 4.69) is 6.58 Å². The van der Waals surface area contributed by atoms with Gasteiger partial charge >= 0.3 is 0 Å². The van der Waals surface area contributed by atoms with Crippen molar-refractivity contribution in [3.05, 3.63) is 12.7 Å². The molecule has 1 rings (SSSR count). The molecule has 58 valence electrons. The third kappa shape index (κ3) is 1.80. The molecule has 1 aliphatic heterocycles. The number of hydrogen-bond acceptors (Lipinski definition) is 3. The van der Waals surface area contributed by atoms with E-state index >= 15 is 0 Å². The summed E-state index contributed by atoms with van der Waals surface area (Å²) < 4.78 is 10.1. The van der Waals surface area contributed by atoms with Crippen molar-refractivity contribution in [2.75, 3.05) is 19.8 Å². The standard InChI is InChI=1S/C7H12O3/c1-2-3-10-7-5-9-4-6(7)8/h2,6-8H,1,3-5H2/t6-,7-/m1/s1. The fraction of sp³-hybridized carbons (Fsp3) is 0.714. The van der Waals surface area contributed by atoms with E-state index in [0.29, 0.717) is 19.8 Å². The van der Waals surface area contributed by atoms with Crippen molar-refractivity contribution >= 4 is 0 Å². The highest BCUT2D eigenvalue weighted by atomic mass is 16.6. The van der Waals surface area contributed by atoms with Gasteiger partial charge in [0.1, 0.15) is 12.2 Å². The maximum absolute atomic E-state index is 9.13. The average molecular weight is 144 g/mol. The van der Waals surface area contributed by atoms with Crippen molar-refractivity contribution in [2.45, 2.75) is 12.2 Å². The van der Waals surface area contributed by atoms with Gasteiger partial charge in [-0.3, -0.25) is 0 Å². The summed E-state index contributed by atoms with van der Waals surface area (Å²) in [4.78, 5) is 0.